The van der Waals surface area contributed by atoms with Crippen LogP contribution in [0.1, 0.15) is 52.9 Å². The summed E-state index contributed by atoms with van der Waals surface area (Å²) in [6, 6.07) is -1.09. The first-order valence-electron chi connectivity index (χ1n) is 10.2. The molecule has 1 unspecified atom stereocenters. The summed E-state index contributed by atoms with van der Waals surface area (Å²) in [4.78, 5) is 39.3. The number of nitrogens with one attached hydrogen (secondary N) is 2. The van der Waals surface area contributed by atoms with Crippen LogP contribution in [0.15, 0.2) is 0 Å². The van der Waals surface area contributed by atoms with Crippen molar-refractivity contribution in [1.82, 2.24) is 15.5 Å². The molecule has 3 fully saturated rings. The van der Waals surface area contributed by atoms with Crippen molar-refractivity contribution in [3.63, 3.8) is 0 Å². The monoisotopic (exact) mass is 389 g/mol. The normalized spacial score (nSPS) is 30.4. The van der Waals surface area contributed by atoms with E-state index in [0.717, 1.165) is 25.7 Å². The van der Waals surface area contributed by atoms with E-state index in [1.807, 2.05) is 20.8 Å². The molecular formula is C21H31N3O4. The molecule has 0 bridgehead atoms. The Morgan fingerprint density at radius 1 is 1.36 bits per heavy atom. The predicted octanol–water partition coefficient (Wildman–Crippen LogP) is 1.67. The van der Waals surface area contributed by atoms with Crippen molar-refractivity contribution in [3.8, 4) is 12.3 Å². The van der Waals surface area contributed by atoms with Gasteiger partial charge in [-0.15, -0.1) is 6.42 Å². The van der Waals surface area contributed by atoms with Crippen LogP contribution >= 0.6 is 0 Å². The van der Waals surface area contributed by atoms with Crippen LogP contribution in [0.4, 0.5) is 4.79 Å². The number of hydrogen-bond donors (Lipinski definition) is 2. The molecule has 2 aliphatic heterocycles. The van der Waals surface area contributed by atoms with Crippen molar-refractivity contribution in [2.45, 2.75) is 70.6 Å². The second-order valence-corrected chi connectivity index (χ2v) is 9.17. The van der Waals surface area contributed by atoms with Crippen LogP contribution in [0.2, 0.25) is 0 Å². The Morgan fingerprint density at radius 3 is 2.71 bits per heavy atom. The summed E-state index contributed by atoms with van der Waals surface area (Å²) in [5.74, 6) is 2.64. The molecule has 7 heteroatoms. The standard InChI is InChI=1S/C21H31N3O4/c1-5-15(11-13-9-10-22-18(13)25)23-19(26)17-16-8-6-7-14(16)12-24(17)20(27)28-21(2,3)4/h1,13-17H,6-12H2,2-4H3,(H,22,25)(H,23,26)/t13-,14-,15?,16-,17-/m0/s1. The Labute approximate surface area is 166 Å². The summed E-state index contributed by atoms with van der Waals surface area (Å²) in [7, 11) is 0. The molecule has 0 aromatic carbocycles. The summed E-state index contributed by atoms with van der Waals surface area (Å²) in [5.41, 5.74) is -0.618. The first-order valence-corrected chi connectivity index (χ1v) is 10.2. The SMILES string of the molecule is C#CC(C[C@@H]1CCNC1=O)NC(=O)[C@@H]1[C@H]2CCC[C@H]2CN1C(=O)OC(C)(C)C. The molecule has 0 radical (unpaired) electrons. The Kier molecular flexibility index (Phi) is 5.87. The van der Waals surface area contributed by atoms with E-state index < -0.39 is 23.8 Å². The minimum Gasteiger partial charge on any atom is -0.444 e. The average molecular weight is 389 g/mol. The highest BCUT2D eigenvalue weighted by atomic mass is 16.6. The van der Waals surface area contributed by atoms with E-state index in [1.165, 1.54) is 0 Å². The zero-order valence-corrected chi connectivity index (χ0v) is 17.0. The number of carbonyl (C=O) groups excluding carboxylic acids is 3. The summed E-state index contributed by atoms with van der Waals surface area (Å²) >= 11 is 0. The van der Waals surface area contributed by atoms with Gasteiger partial charge in [-0.05, 0) is 58.3 Å². The second kappa shape index (κ2) is 8.02. The molecule has 2 heterocycles. The number of terminal acetylenes is 1. The fourth-order valence-electron chi connectivity index (χ4n) is 4.73. The van der Waals surface area contributed by atoms with E-state index >= 15 is 0 Å². The van der Waals surface area contributed by atoms with Gasteiger partial charge in [0.1, 0.15) is 11.6 Å². The number of ether oxygens (including phenoxy) is 1. The fourth-order valence-corrected chi connectivity index (χ4v) is 4.73. The molecule has 2 N–H and O–H groups in total. The van der Waals surface area contributed by atoms with Crippen LogP contribution in [0, 0.1) is 30.1 Å². The number of carbonyl (C=O) groups is 3. The van der Waals surface area contributed by atoms with E-state index in [4.69, 9.17) is 11.2 Å². The highest BCUT2D eigenvalue weighted by molar-refractivity contribution is 5.87. The lowest BCUT2D eigenvalue weighted by Crippen LogP contribution is -2.52. The number of fused-ring (bicyclic) bond motifs is 1. The van der Waals surface area contributed by atoms with Crippen molar-refractivity contribution in [3.05, 3.63) is 0 Å². The molecule has 1 aliphatic carbocycles. The van der Waals surface area contributed by atoms with Gasteiger partial charge >= 0.3 is 6.09 Å². The van der Waals surface area contributed by atoms with Crippen molar-refractivity contribution >= 4 is 17.9 Å². The zero-order chi connectivity index (χ0) is 20.5. The number of hydrogen-bond acceptors (Lipinski definition) is 4. The Hall–Kier alpha value is -2.23. The Morgan fingerprint density at radius 2 is 2.11 bits per heavy atom. The molecule has 0 aromatic heterocycles. The maximum Gasteiger partial charge on any atom is 0.410 e. The van der Waals surface area contributed by atoms with Gasteiger partial charge in [-0.25, -0.2) is 4.79 Å². The maximum atomic E-state index is 13.1. The van der Waals surface area contributed by atoms with Crippen molar-refractivity contribution in [1.29, 1.82) is 0 Å². The molecule has 0 aromatic rings. The highest BCUT2D eigenvalue weighted by Crippen LogP contribution is 2.42. The van der Waals surface area contributed by atoms with E-state index in [0.29, 0.717) is 25.4 Å². The van der Waals surface area contributed by atoms with Gasteiger partial charge in [0.2, 0.25) is 11.8 Å². The minimum atomic E-state index is -0.618. The van der Waals surface area contributed by atoms with Crippen LogP contribution in [0.5, 0.6) is 0 Å². The lowest BCUT2D eigenvalue weighted by atomic mass is 9.92. The van der Waals surface area contributed by atoms with E-state index in [-0.39, 0.29) is 23.7 Å². The molecule has 7 nitrogen and oxygen atoms in total. The molecule has 1 saturated carbocycles. The molecule has 5 atom stereocenters. The highest BCUT2D eigenvalue weighted by Gasteiger charge is 2.50. The molecule has 154 valence electrons. The molecule has 0 spiro atoms. The molecular weight excluding hydrogens is 358 g/mol. The van der Waals surface area contributed by atoms with Gasteiger partial charge in [-0.1, -0.05) is 12.3 Å². The molecule has 2 saturated heterocycles. The smallest absolute Gasteiger partial charge is 0.410 e. The number of likely N-dealkylation sites (tertiary alicyclic amines) is 1. The van der Waals surface area contributed by atoms with Crippen molar-refractivity contribution in [2.75, 3.05) is 13.1 Å². The number of nitrogens with zero attached hydrogens (tertiary/aromatic N) is 1. The maximum absolute atomic E-state index is 13.1. The van der Waals surface area contributed by atoms with Gasteiger partial charge in [-0.2, -0.15) is 0 Å². The molecule has 3 amide bonds. The summed E-state index contributed by atoms with van der Waals surface area (Å²) in [6.45, 7) is 6.64. The summed E-state index contributed by atoms with van der Waals surface area (Å²) in [5, 5.41) is 5.70. The van der Waals surface area contributed by atoms with Crippen LogP contribution < -0.4 is 10.6 Å². The van der Waals surface area contributed by atoms with Gasteiger partial charge in [0.25, 0.3) is 0 Å². The first kappa shape index (κ1) is 20.5. The van der Waals surface area contributed by atoms with E-state index in [1.54, 1.807) is 4.90 Å². The Bertz CT molecular complexity index is 678. The van der Waals surface area contributed by atoms with Gasteiger partial charge < -0.3 is 15.4 Å². The van der Waals surface area contributed by atoms with Crippen LogP contribution in [-0.2, 0) is 14.3 Å². The fraction of sp³-hybridized carbons (Fsp3) is 0.762. The topological polar surface area (TPSA) is 87.7 Å². The quantitative estimate of drug-likeness (QED) is 0.716. The molecule has 3 aliphatic rings. The zero-order valence-electron chi connectivity index (χ0n) is 17.0. The average Bonchev–Trinajstić information content (AvgIpc) is 3.28. The van der Waals surface area contributed by atoms with Crippen molar-refractivity contribution < 1.29 is 19.1 Å². The molecule has 3 rings (SSSR count). The third-order valence-electron chi connectivity index (χ3n) is 5.99. The lowest BCUT2D eigenvalue weighted by Gasteiger charge is -2.30. The van der Waals surface area contributed by atoms with Crippen molar-refractivity contribution in [2.24, 2.45) is 17.8 Å². The minimum absolute atomic E-state index is 0.0124. The third-order valence-corrected chi connectivity index (χ3v) is 5.99. The Balaban J connectivity index is 1.69. The van der Waals surface area contributed by atoms with E-state index in [9.17, 15) is 14.4 Å². The lowest BCUT2D eigenvalue weighted by molar-refractivity contribution is -0.128. The van der Waals surface area contributed by atoms with Crippen LogP contribution in [0.3, 0.4) is 0 Å². The largest absolute Gasteiger partial charge is 0.444 e. The van der Waals surface area contributed by atoms with E-state index in [2.05, 4.69) is 16.6 Å². The predicted molar refractivity (Wildman–Crippen MR) is 104 cm³/mol. The first-order chi connectivity index (χ1) is 13.2. The number of amides is 3. The van der Waals surface area contributed by atoms with Gasteiger partial charge in [-0.3, -0.25) is 14.5 Å². The molecule has 28 heavy (non-hydrogen) atoms. The second-order valence-electron chi connectivity index (χ2n) is 9.17. The van der Waals surface area contributed by atoms with Crippen LogP contribution in [0.25, 0.3) is 0 Å². The van der Waals surface area contributed by atoms with Crippen LogP contribution in [-0.4, -0.2) is 53.6 Å². The van der Waals surface area contributed by atoms with Gasteiger partial charge in [0.05, 0.1) is 6.04 Å². The van der Waals surface area contributed by atoms with Gasteiger partial charge in [0, 0.05) is 19.0 Å². The summed E-state index contributed by atoms with van der Waals surface area (Å²) < 4.78 is 5.53. The number of rotatable bonds is 4. The third kappa shape index (κ3) is 4.43. The van der Waals surface area contributed by atoms with Gasteiger partial charge in [0.15, 0.2) is 0 Å². The summed E-state index contributed by atoms with van der Waals surface area (Å²) in [6.07, 6.45) is 9.34.